The van der Waals surface area contributed by atoms with Crippen molar-refractivity contribution >= 4 is 5.57 Å². The first-order valence-corrected chi connectivity index (χ1v) is 14.2. The third kappa shape index (κ3) is 14.9. The van der Waals surface area contributed by atoms with E-state index in [9.17, 15) is 0 Å². The lowest BCUT2D eigenvalue weighted by Crippen LogP contribution is -2.13. The molecule has 2 aliphatic carbocycles. The summed E-state index contributed by atoms with van der Waals surface area (Å²) in [6, 6.07) is 10.7. The van der Waals surface area contributed by atoms with Gasteiger partial charge in [0, 0.05) is 0 Å². The molecule has 1 aromatic rings. The molecule has 0 aromatic heterocycles. The van der Waals surface area contributed by atoms with Gasteiger partial charge in [-0.3, -0.25) is 0 Å². The summed E-state index contributed by atoms with van der Waals surface area (Å²) < 4.78 is 0. The van der Waals surface area contributed by atoms with E-state index in [-0.39, 0.29) is 5.41 Å². The fourth-order valence-electron chi connectivity index (χ4n) is 4.27. The average Bonchev–Trinajstić information content (AvgIpc) is 3.24. The molecule has 0 radical (unpaired) electrons. The molecule has 0 amide bonds. The van der Waals surface area contributed by atoms with Gasteiger partial charge in [-0.05, 0) is 76.0 Å². The van der Waals surface area contributed by atoms with Crippen LogP contribution in [-0.2, 0) is 0 Å². The third-order valence-corrected chi connectivity index (χ3v) is 6.82. The van der Waals surface area contributed by atoms with Crippen molar-refractivity contribution in [3.8, 4) is 6.07 Å². The summed E-state index contributed by atoms with van der Waals surface area (Å²) in [5, 5.41) is 8.97. The summed E-state index contributed by atoms with van der Waals surface area (Å²) in [6.07, 6.45) is 19.0. The molecular weight excluding hydrogens is 434 g/mol. The van der Waals surface area contributed by atoms with Crippen molar-refractivity contribution < 1.29 is 0 Å². The van der Waals surface area contributed by atoms with Crippen LogP contribution < -0.4 is 0 Å². The van der Waals surface area contributed by atoms with E-state index in [1.165, 1.54) is 67.2 Å². The Morgan fingerprint density at radius 1 is 1.06 bits per heavy atom. The molecule has 0 spiro atoms. The molecule has 2 aliphatic rings. The first-order valence-electron chi connectivity index (χ1n) is 14.2. The molecule has 0 aliphatic heterocycles. The van der Waals surface area contributed by atoms with Crippen LogP contribution in [0.1, 0.15) is 118 Å². The standard InChI is InChI=1S/C12H15N.C10H12.C7H14.C6H14/c1-4-5-11-8-12(3,9-13)7-6-10(11)2;1-8(2)10-6-4-9(3)5-7-10;1-6-3-4-7(2)5-6;1-3-5-6-4-2/h4-6,8H,7H2,1-3H3;4-7H,1H2,2-3H3;6-7H,3-5H2,1-2H3;3-6H2,1-2H3/b5-4-;;;. The zero-order valence-corrected chi connectivity index (χ0v) is 25.1. The Labute approximate surface area is 225 Å². The largest absolute Gasteiger partial charge is 0.197 e. The van der Waals surface area contributed by atoms with Crippen molar-refractivity contribution in [2.45, 2.75) is 114 Å². The molecule has 0 saturated heterocycles. The van der Waals surface area contributed by atoms with Crippen molar-refractivity contribution in [1.82, 2.24) is 0 Å². The van der Waals surface area contributed by atoms with E-state index in [0.29, 0.717) is 0 Å². The van der Waals surface area contributed by atoms with E-state index in [2.05, 4.69) is 96.7 Å². The monoisotopic (exact) mass is 489 g/mol. The molecule has 0 bridgehead atoms. The Morgan fingerprint density at radius 3 is 1.94 bits per heavy atom. The maximum Gasteiger partial charge on any atom is 0.0768 e. The lowest BCUT2D eigenvalue weighted by Gasteiger charge is -2.22. The fourth-order valence-corrected chi connectivity index (χ4v) is 4.27. The summed E-state index contributed by atoms with van der Waals surface area (Å²) in [6.45, 7) is 23.2. The number of nitriles is 1. The SMILES string of the molecule is C/C=C\C1=CC(C)(C#N)CC=C1C.C=C(C)c1ccc(C)cc1.CC1CCC(C)C1.CCCCCC. The van der Waals surface area contributed by atoms with E-state index < -0.39 is 0 Å². The predicted octanol–water partition coefficient (Wildman–Crippen LogP) is 11.4. The smallest absolute Gasteiger partial charge is 0.0768 e. The molecule has 0 heterocycles. The molecule has 1 fully saturated rings. The average molecular weight is 490 g/mol. The van der Waals surface area contributed by atoms with Crippen LogP contribution in [0, 0.1) is 35.5 Å². The number of nitrogens with zero attached hydrogens (tertiary/aromatic N) is 1. The number of benzene rings is 1. The zero-order chi connectivity index (χ0) is 27.6. The number of allylic oxidation sites excluding steroid dienone is 7. The minimum Gasteiger partial charge on any atom is -0.197 e. The van der Waals surface area contributed by atoms with Crippen LogP contribution >= 0.6 is 0 Å². The predicted molar refractivity (Wildman–Crippen MR) is 163 cm³/mol. The van der Waals surface area contributed by atoms with Gasteiger partial charge in [-0.25, -0.2) is 0 Å². The first kappa shape index (κ1) is 33.7. The van der Waals surface area contributed by atoms with Crippen molar-refractivity contribution in [2.24, 2.45) is 17.3 Å². The number of rotatable bonds is 5. The van der Waals surface area contributed by atoms with E-state index in [4.69, 9.17) is 5.26 Å². The molecule has 1 aromatic carbocycles. The van der Waals surface area contributed by atoms with Gasteiger partial charge < -0.3 is 0 Å². The van der Waals surface area contributed by atoms with Crippen molar-refractivity contribution in [3.05, 3.63) is 77.4 Å². The molecule has 3 rings (SSSR count). The van der Waals surface area contributed by atoms with Gasteiger partial charge >= 0.3 is 0 Å². The molecule has 0 N–H and O–H groups in total. The van der Waals surface area contributed by atoms with Crippen LogP contribution in [0.3, 0.4) is 0 Å². The lowest BCUT2D eigenvalue weighted by molar-refractivity contribution is 0.555. The maximum absolute atomic E-state index is 8.97. The molecule has 1 saturated carbocycles. The summed E-state index contributed by atoms with van der Waals surface area (Å²) in [7, 11) is 0. The Balaban J connectivity index is 0.000000475. The number of hydrogen-bond donors (Lipinski definition) is 0. The van der Waals surface area contributed by atoms with E-state index in [1.807, 2.05) is 26.8 Å². The van der Waals surface area contributed by atoms with Crippen LogP contribution in [0.4, 0.5) is 0 Å². The van der Waals surface area contributed by atoms with Gasteiger partial charge in [-0.1, -0.05) is 133 Å². The highest BCUT2D eigenvalue weighted by atomic mass is 14.3. The normalized spacial score (nSPS) is 22.4. The highest BCUT2D eigenvalue weighted by Gasteiger charge is 2.23. The molecule has 1 nitrogen and oxygen atoms in total. The fraction of sp³-hybridized carbons (Fsp3) is 0.571. The van der Waals surface area contributed by atoms with Gasteiger partial charge in [-0.15, -0.1) is 0 Å². The topological polar surface area (TPSA) is 23.8 Å². The van der Waals surface area contributed by atoms with E-state index >= 15 is 0 Å². The summed E-state index contributed by atoms with van der Waals surface area (Å²) in [5.74, 6) is 2.05. The van der Waals surface area contributed by atoms with Crippen LogP contribution in [0.25, 0.3) is 5.57 Å². The molecule has 200 valence electrons. The molecule has 36 heavy (non-hydrogen) atoms. The molecule has 3 atom stereocenters. The van der Waals surface area contributed by atoms with Crippen molar-refractivity contribution in [2.75, 3.05) is 0 Å². The van der Waals surface area contributed by atoms with Crippen LogP contribution in [0.5, 0.6) is 0 Å². The maximum atomic E-state index is 8.97. The van der Waals surface area contributed by atoms with E-state index in [1.54, 1.807) is 0 Å². The number of aryl methyl sites for hydroxylation is 1. The van der Waals surface area contributed by atoms with Gasteiger partial charge in [0.1, 0.15) is 0 Å². The second-order valence-corrected chi connectivity index (χ2v) is 11.1. The van der Waals surface area contributed by atoms with Gasteiger partial charge in [0.25, 0.3) is 0 Å². The zero-order valence-electron chi connectivity index (χ0n) is 25.1. The molecule has 3 unspecified atom stereocenters. The molecular formula is C35H55N. The highest BCUT2D eigenvalue weighted by Crippen LogP contribution is 2.32. The Hall–Kier alpha value is -2.33. The second-order valence-electron chi connectivity index (χ2n) is 11.1. The summed E-state index contributed by atoms with van der Waals surface area (Å²) >= 11 is 0. The van der Waals surface area contributed by atoms with Crippen molar-refractivity contribution in [1.29, 1.82) is 5.26 Å². The van der Waals surface area contributed by atoms with Gasteiger partial charge in [-0.2, -0.15) is 5.26 Å². The Kier molecular flexibility index (Phi) is 17.6. The highest BCUT2D eigenvalue weighted by molar-refractivity contribution is 5.61. The van der Waals surface area contributed by atoms with Gasteiger partial charge in [0.2, 0.25) is 0 Å². The van der Waals surface area contributed by atoms with Crippen LogP contribution in [-0.4, -0.2) is 0 Å². The Bertz CT molecular complexity index is 862. The quantitative estimate of drug-likeness (QED) is 0.377. The second kappa shape index (κ2) is 18.9. The number of unbranched alkanes of at least 4 members (excludes halogenated alkanes) is 3. The summed E-state index contributed by atoms with van der Waals surface area (Å²) in [4.78, 5) is 0. The minimum absolute atomic E-state index is 0.311. The first-order chi connectivity index (χ1) is 17.0. The van der Waals surface area contributed by atoms with Gasteiger partial charge in [0.05, 0.1) is 11.5 Å². The van der Waals surface area contributed by atoms with Gasteiger partial charge in [0.15, 0.2) is 0 Å². The molecule has 1 heteroatoms. The van der Waals surface area contributed by atoms with Crippen molar-refractivity contribution in [3.63, 3.8) is 0 Å². The van der Waals surface area contributed by atoms with Crippen LogP contribution in [0.15, 0.2) is 66.3 Å². The summed E-state index contributed by atoms with van der Waals surface area (Å²) in [5.41, 5.74) is 5.79. The number of hydrogen-bond acceptors (Lipinski definition) is 1. The minimum atomic E-state index is -0.311. The lowest BCUT2D eigenvalue weighted by atomic mass is 9.80. The van der Waals surface area contributed by atoms with E-state index in [0.717, 1.165) is 23.8 Å². The third-order valence-electron chi connectivity index (χ3n) is 6.82. The Morgan fingerprint density at radius 2 is 1.58 bits per heavy atom. The van der Waals surface area contributed by atoms with Crippen LogP contribution in [0.2, 0.25) is 0 Å².